The van der Waals surface area contributed by atoms with Crippen LogP contribution >= 0.6 is 11.6 Å². The van der Waals surface area contributed by atoms with Gasteiger partial charge in [0.1, 0.15) is 12.3 Å². The zero-order valence-electron chi connectivity index (χ0n) is 12.7. The summed E-state index contributed by atoms with van der Waals surface area (Å²) in [5.74, 6) is -0.700. The average Bonchev–Trinajstić information content (AvgIpc) is 2.58. The molecule has 0 bridgehead atoms. The summed E-state index contributed by atoms with van der Waals surface area (Å²) in [4.78, 5) is 22.6. The molecule has 0 unspecified atom stereocenters. The minimum absolute atomic E-state index is 0.0740. The van der Waals surface area contributed by atoms with Crippen LogP contribution in [0.4, 0.5) is 11.4 Å². The predicted octanol–water partition coefficient (Wildman–Crippen LogP) is 4.12. The number of ether oxygens (including phenoxy) is 1. The first-order valence-corrected chi connectivity index (χ1v) is 7.42. The van der Waals surface area contributed by atoms with E-state index in [1.165, 1.54) is 18.2 Å². The van der Waals surface area contributed by atoms with Crippen molar-refractivity contribution in [3.63, 3.8) is 0 Å². The lowest BCUT2D eigenvalue weighted by atomic mass is 10.1. The van der Waals surface area contributed by atoms with Crippen molar-refractivity contribution in [3.8, 4) is 0 Å². The lowest BCUT2D eigenvalue weighted by molar-refractivity contribution is -0.384. The lowest BCUT2D eigenvalue weighted by Crippen LogP contribution is -2.08. The van der Waals surface area contributed by atoms with Gasteiger partial charge in [0.05, 0.1) is 10.5 Å². The molecule has 2 aromatic rings. The third-order valence-corrected chi connectivity index (χ3v) is 3.22. The number of rotatable bonds is 7. The van der Waals surface area contributed by atoms with Gasteiger partial charge >= 0.3 is 5.97 Å². The molecule has 0 atom stereocenters. The summed E-state index contributed by atoms with van der Waals surface area (Å²) in [5, 5.41) is 14.4. The van der Waals surface area contributed by atoms with Crippen molar-refractivity contribution in [1.82, 2.24) is 0 Å². The Labute approximate surface area is 143 Å². The van der Waals surface area contributed by atoms with Crippen LogP contribution in [0.5, 0.6) is 0 Å². The number of carbonyl (C=O) groups is 1. The maximum atomic E-state index is 11.8. The quantitative estimate of drug-likeness (QED) is 0.463. The molecule has 0 aromatic heterocycles. The van der Waals surface area contributed by atoms with Crippen molar-refractivity contribution >= 4 is 28.9 Å². The van der Waals surface area contributed by atoms with Crippen LogP contribution in [0.15, 0.2) is 60.1 Å². The molecule has 24 heavy (non-hydrogen) atoms. The van der Waals surface area contributed by atoms with Crippen molar-refractivity contribution in [2.75, 3.05) is 11.9 Å². The number of nitro benzene ring substituents is 1. The fraction of sp³-hybridized carbons (Fsp3) is 0.118. The molecule has 7 heteroatoms. The molecule has 0 aliphatic rings. The van der Waals surface area contributed by atoms with Gasteiger partial charge in [0, 0.05) is 17.6 Å². The molecule has 0 radical (unpaired) electrons. The third kappa shape index (κ3) is 4.82. The third-order valence-electron chi connectivity index (χ3n) is 3.12. The maximum absolute atomic E-state index is 11.8. The maximum Gasteiger partial charge on any atom is 0.338 e. The highest BCUT2D eigenvalue weighted by atomic mass is 35.5. The van der Waals surface area contributed by atoms with E-state index in [1.54, 1.807) is 0 Å². The molecule has 2 aromatic carbocycles. The van der Waals surface area contributed by atoms with E-state index in [0.29, 0.717) is 12.2 Å². The molecule has 0 spiro atoms. The van der Waals surface area contributed by atoms with Crippen LogP contribution < -0.4 is 5.32 Å². The number of benzene rings is 2. The largest absolute Gasteiger partial charge is 0.456 e. The van der Waals surface area contributed by atoms with Gasteiger partial charge in [-0.3, -0.25) is 10.1 Å². The standard InChI is InChI=1S/C17H15ClN2O4/c1-12(18)11-24-17(21)14-7-8-15(16(9-14)20(22)23)19-10-13-5-3-2-4-6-13/h2-9,19H,1,10-11H2. The molecular weight excluding hydrogens is 332 g/mol. The molecule has 1 N–H and O–H groups in total. The van der Waals surface area contributed by atoms with Crippen LogP contribution in [0.2, 0.25) is 0 Å². The van der Waals surface area contributed by atoms with Gasteiger partial charge in [0.15, 0.2) is 0 Å². The monoisotopic (exact) mass is 346 g/mol. The van der Waals surface area contributed by atoms with Crippen molar-refractivity contribution in [2.24, 2.45) is 0 Å². The van der Waals surface area contributed by atoms with Gasteiger partial charge in [-0.25, -0.2) is 4.79 Å². The van der Waals surface area contributed by atoms with E-state index in [9.17, 15) is 14.9 Å². The van der Waals surface area contributed by atoms with Gasteiger partial charge in [0.25, 0.3) is 5.69 Å². The minimum Gasteiger partial charge on any atom is -0.456 e. The van der Waals surface area contributed by atoms with Gasteiger partial charge in [0.2, 0.25) is 0 Å². The minimum atomic E-state index is -0.700. The van der Waals surface area contributed by atoms with E-state index in [2.05, 4.69) is 11.9 Å². The molecule has 0 saturated carbocycles. The number of carbonyl (C=O) groups excluding carboxylic acids is 1. The number of nitrogens with one attached hydrogen (secondary N) is 1. The second-order valence-corrected chi connectivity index (χ2v) is 5.46. The first-order chi connectivity index (χ1) is 11.5. The highest BCUT2D eigenvalue weighted by Crippen LogP contribution is 2.26. The number of halogens is 1. The summed E-state index contributed by atoms with van der Waals surface area (Å²) in [7, 11) is 0. The summed E-state index contributed by atoms with van der Waals surface area (Å²) in [6, 6.07) is 13.6. The van der Waals surface area contributed by atoms with Crippen LogP contribution in [0.1, 0.15) is 15.9 Å². The van der Waals surface area contributed by atoms with Crippen LogP contribution in [-0.4, -0.2) is 17.5 Å². The van der Waals surface area contributed by atoms with Gasteiger partial charge < -0.3 is 10.1 Å². The van der Waals surface area contributed by atoms with E-state index in [-0.39, 0.29) is 22.9 Å². The van der Waals surface area contributed by atoms with E-state index in [4.69, 9.17) is 16.3 Å². The Hall–Kier alpha value is -2.86. The summed E-state index contributed by atoms with van der Waals surface area (Å²) < 4.78 is 4.88. The van der Waals surface area contributed by atoms with Crippen LogP contribution in [0.25, 0.3) is 0 Å². The molecule has 6 nitrogen and oxygen atoms in total. The first kappa shape index (κ1) is 17.5. The number of nitrogens with zero attached hydrogens (tertiary/aromatic N) is 1. The second kappa shape index (κ2) is 8.12. The smallest absolute Gasteiger partial charge is 0.338 e. The van der Waals surface area contributed by atoms with Gasteiger partial charge in [-0.2, -0.15) is 0 Å². The van der Waals surface area contributed by atoms with Crippen molar-refractivity contribution in [1.29, 1.82) is 0 Å². The summed E-state index contributed by atoms with van der Waals surface area (Å²) in [5.41, 5.74) is 1.17. The average molecular weight is 347 g/mol. The van der Waals surface area contributed by atoms with E-state index in [1.807, 2.05) is 30.3 Å². The summed E-state index contributed by atoms with van der Waals surface area (Å²) in [6.45, 7) is 3.68. The van der Waals surface area contributed by atoms with Crippen molar-refractivity contribution < 1.29 is 14.5 Å². The second-order valence-electron chi connectivity index (χ2n) is 4.92. The Morgan fingerprint density at radius 1 is 1.25 bits per heavy atom. The van der Waals surface area contributed by atoms with Crippen LogP contribution in [0.3, 0.4) is 0 Å². The Kier molecular flexibility index (Phi) is 5.92. The fourth-order valence-corrected chi connectivity index (χ4v) is 2.03. The van der Waals surface area contributed by atoms with Crippen molar-refractivity contribution in [2.45, 2.75) is 6.54 Å². The van der Waals surface area contributed by atoms with Gasteiger partial charge in [-0.1, -0.05) is 48.5 Å². The fourth-order valence-electron chi connectivity index (χ4n) is 1.98. The molecule has 0 saturated heterocycles. The van der Waals surface area contributed by atoms with Gasteiger partial charge in [-0.15, -0.1) is 0 Å². The number of hydrogen-bond acceptors (Lipinski definition) is 5. The topological polar surface area (TPSA) is 81.5 Å². The molecule has 0 aliphatic heterocycles. The molecule has 0 fully saturated rings. The number of anilines is 1. The van der Waals surface area contributed by atoms with Crippen LogP contribution in [-0.2, 0) is 11.3 Å². The molecule has 2 rings (SSSR count). The number of hydrogen-bond donors (Lipinski definition) is 1. The first-order valence-electron chi connectivity index (χ1n) is 7.04. The molecule has 0 amide bonds. The van der Waals surface area contributed by atoms with E-state index < -0.39 is 10.9 Å². The Balaban J connectivity index is 2.16. The normalized spacial score (nSPS) is 10.0. The van der Waals surface area contributed by atoms with Gasteiger partial charge in [-0.05, 0) is 17.7 Å². The molecule has 124 valence electrons. The molecule has 0 heterocycles. The summed E-state index contributed by atoms with van der Waals surface area (Å²) >= 11 is 5.53. The zero-order valence-corrected chi connectivity index (χ0v) is 13.5. The van der Waals surface area contributed by atoms with E-state index in [0.717, 1.165) is 5.56 Å². The van der Waals surface area contributed by atoms with E-state index >= 15 is 0 Å². The SMILES string of the molecule is C=C(Cl)COC(=O)c1ccc(NCc2ccccc2)c([N+](=O)[O-])c1. The zero-order chi connectivity index (χ0) is 17.5. The van der Waals surface area contributed by atoms with Crippen molar-refractivity contribution in [3.05, 3.63) is 81.4 Å². The highest BCUT2D eigenvalue weighted by Gasteiger charge is 2.18. The Bertz CT molecular complexity index is 762. The number of nitro groups is 1. The molecule has 0 aliphatic carbocycles. The Morgan fingerprint density at radius 3 is 2.58 bits per heavy atom. The van der Waals surface area contributed by atoms with Crippen LogP contribution in [0, 0.1) is 10.1 Å². The highest BCUT2D eigenvalue weighted by molar-refractivity contribution is 6.29. The Morgan fingerprint density at radius 2 is 1.96 bits per heavy atom. The number of esters is 1. The predicted molar refractivity (Wildman–Crippen MR) is 92.1 cm³/mol. The molecular formula is C17H15ClN2O4. The lowest BCUT2D eigenvalue weighted by Gasteiger charge is -2.09. The summed E-state index contributed by atoms with van der Waals surface area (Å²) in [6.07, 6.45) is 0.